The molecule has 8 heteroatoms. The van der Waals surface area contributed by atoms with Crippen LogP contribution >= 0.6 is 23.1 Å². The van der Waals surface area contributed by atoms with Crippen molar-refractivity contribution in [1.82, 2.24) is 14.8 Å². The lowest BCUT2D eigenvalue weighted by Gasteiger charge is -2.15. The van der Waals surface area contributed by atoms with Crippen molar-refractivity contribution in [2.24, 2.45) is 0 Å². The zero-order chi connectivity index (χ0) is 20.9. The van der Waals surface area contributed by atoms with Gasteiger partial charge in [-0.05, 0) is 42.6 Å². The van der Waals surface area contributed by atoms with E-state index in [1.54, 1.807) is 18.4 Å². The molecular weight excluding hydrogens is 416 g/mol. The number of nitrogens with one attached hydrogen (secondary N) is 1. The van der Waals surface area contributed by atoms with Crippen LogP contribution in [-0.2, 0) is 4.79 Å². The Bertz CT molecular complexity index is 1130. The van der Waals surface area contributed by atoms with E-state index in [1.165, 1.54) is 11.8 Å². The summed E-state index contributed by atoms with van der Waals surface area (Å²) in [5.74, 6) is 1.25. The molecule has 0 saturated heterocycles. The normalized spacial score (nSPS) is 11.8. The molecule has 6 nitrogen and oxygen atoms in total. The third-order valence-electron chi connectivity index (χ3n) is 4.41. The Kier molecular flexibility index (Phi) is 6.15. The maximum absolute atomic E-state index is 12.8. The molecule has 0 aliphatic heterocycles. The Hall–Kier alpha value is -3.10. The number of carbonyl (C=O) groups is 1. The number of amides is 1. The first-order valence-corrected chi connectivity index (χ1v) is 11.1. The molecule has 2 aromatic heterocycles. The molecule has 2 heterocycles. The number of hydrogen-bond donors (Lipinski definition) is 1. The van der Waals surface area contributed by atoms with Gasteiger partial charge in [0.15, 0.2) is 11.0 Å². The van der Waals surface area contributed by atoms with Crippen LogP contribution in [0.15, 0.2) is 77.3 Å². The molecule has 1 N–H and O–H groups in total. The lowest BCUT2D eigenvalue weighted by Crippen LogP contribution is -2.23. The van der Waals surface area contributed by atoms with Crippen LogP contribution in [0.3, 0.4) is 0 Å². The van der Waals surface area contributed by atoms with Crippen LogP contribution in [0.25, 0.3) is 16.4 Å². The molecule has 1 amide bonds. The number of anilines is 1. The van der Waals surface area contributed by atoms with Crippen LogP contribution in [0, 0.1) is 0 Å². The highest BCUT2D eigenvalue weighted by Gasteiger charge is 2.22. The third kappa shape index (κ3) is 4.24. The second-order valence-electron chi connectivity index (χ2n) is 6.40. The Labute approximate surface area is 182 Å². The number of ether oxygens (including phenoxy) is 1. The number of thiophene rings is 1. The molecule has 1 atom stereocenters. The Morgan fingerprint density at radius 3 is 2.57 bits per heavy atom. The van der Waals surface area contributed by atoms with Crippen molar-refractivity contribution >= 4 is 34.7 Å². The zero-order valence-corrected chi connectivity index (χ0v) is 18.1. The molecule has 0 aliphatic rings. The standard InChI is InChI=1S/C22H20N4O2S2/c1-15(21(27)23-17-11-6-7-12-18(17)28-2)30-22-25-24-20(19-13-8-14-29-19)26(22)16-9-4-3-5-10-16/h3-15H,1-2H3,(H,23,27)/t15-/m0/s1. The van der Waals surface area contributed by atoms with Crippen molar-refractivity contribution in [1.29, 1.82) is 0 Å². The predicted octanol–water partition coefficient (Wildman–Crippen LogP) is 5.12. The monoisotopic (exact) mass is 436 g/mol. The van der Waals surface area contributed by atoms with Gasteiger partial charge in [-0.3, -0.25) is 9.36 Å². The van der Waals surface area contributed by atoms with E-state index in [0.29, 0.717) is 16.6 Å². The fourth-order valence-corrected chi connectivity index (χ4v) is 4.48. The van der Waals surface area contributed by atoms with Gasteiger partial charge in [0.05, 0.1) is 22.9 Å². The summed E-state index contributed by atoms with van der Waals surface area (Å²) in [4.78, 5) is 13.8. The highest BCUT2D eigenvalue weighted by molar-refractivity contribution is 8.00. The van der Waals surface area contributed by atoms with Crippen LogP contribution in [-0.4, -0.2) is 33.0 Å². The first-order valence-electron chi connectivity index (χ1n) is 9.32. The number of methoxy groups -OCH3 is 1. The van der Waals surface area contributed by atoms with Gasteiger partial charge in [0, 0.05) is 5.69 Å². The number of para-hydroxylation sites is 3. The van der Waals surface area contributed by atoms with Crippen molar-refractivity contribution in [2.75, 3.05) is 12.4 Å². The van der Waals surface area contributed by atoms with Crippen LogP contribution in [0.5, 0.6) is 5.75 Å². The molecule has 0 radical (unpaired) electrons. The maximum atomic E-state index is 12.8. The van der Waals surface area contributed by atoms with Gasteiger partial charge in [-0.25, -0.2) is 0 Å². The lowest BCUT2D eigenvalue weighted by molar-refractivity contribution is -0.115. The van der Waals surface area contributed by atoms with Gasteiger partial charge < -0.3 is 10.1 Å². The molecule has 0 saturated carbocycles. The van der Waals surface area contributed by atoms with Gasteiger partial charge in [-0.2, -0.15) is 0 Å². The van der Waals surface area contributed by atoms with Crippen molar-refractivity contribution in [3.63, 3.8) is 0 Å². The SMILES string of the molecule is COc1ccccc1NC(=O)[C@H](C)Sc1nnc(-c2cccs2)n1-c1ccccc1. The van der Waals surface area contributed by atoms with E-state index in [2.05, 4.69) is 15.5 Å². The van der Waals surface area contributed by atoms with Crippen LogP contribution in [0.1, 0.15) is 6.92 Å². The van der Waals surface area contributed by atoms with E-state index in [0.717, 1.165) is 16.4 Å². The van der Waals surface area contributed by atoms with E-state index < -0.39 is 5.25 Å². The summed E-state index contributed by atoms with van der Waals surface area (Å²) >= 11 is 2.97. The number of thioether (sulfide) groups is 1. The predicted molar refractivity (Wildman–Crippen MR) is 122 cm³/mol. The molecule has 0 fully saturated rings. The first kappa shape index (κ1) is 20.2. The molecule has 152 valence electrons. The second kappa shape index (κ2) is 9.15. The maximum Gasteiger partial charge on any atom is 0.237 e. The topological polar surface area (TPSA) is 69.0 Å². The number of rotatable bonds is 7. The van der Waals surface area contributed by atoms with E-state index in [1.807, 2.05) is 83.6 Å². The summed E-state index contributed by atoms with van der Waals surface area (Å²) < 4.78 is 7.31. The first-order chi connectivity index (χ1) is 14.7. The summed E-state index contributed by atoms with van der Waals surface area (Å²) in [5, 5.41) is 14.0. The quantitative estimate of drug-likeness (QED) is 0.407. The molecule has 0 unspecified atom stereocenters. The molecular formula is C22H20N4O2S2. The van der Waals surface area contributed by atoms with E-state index >= 15 is 0 Å². The highest BCUT2D eigenvalue weighted by Crippen LogP contribution is 2.32. The second-order valence-corrected chi connectivity index (χ2v) is 8.66. The van der Waals surface area contributed by atoms with Gasteiger partial charge in [-0.1, -0.05) is 48.2 Å². The number of nitrogens with zero attached hydrogens (tertiary/aromatic N) is 3. The fourth-order valence-electron chi connectivity index (χ4n) is 2.92. The van der Waals surface area contributed by atoms with Crippen molar-refractivity contribution in [2.45, 2.75) is 17.3 Å². The molecule has 30 heavy (non-hydrogen) atoms. The van der Waals surface area contributed by atoms with E-state index in [9.17, 15) is 4.79 Å². The van der Waals surface area contributed by atoms with Crippen LogP contribution in [0.4, 0.5) is 5.69 Å². The highest BCUT2D eigenvalue weighted by atomic mass is 32.2. The van der Waals surface area contributed by atoms with Crippen molar-refractivity contribution in [3.05, 3.63) is 72.1 Å². The Morgan fingerprint density at radius 1 is 1.07 bits per heavy atom. The molecule has 0 aliphatic carbocycles. The minimum atomic E-state index is -0.391. The number of carbonyl (C=O) groups excluding carboxylic acids is 1. The molecule has 4 aromatic rings. The molecule has 0 bridgehead atoms. The summed E-state index contributed by atoms with van der Waals surface area (Å²) in [6.07, 6.45) is 0. The average molecular weight is 437 g/mol. The van der Waals surface area contributed by atoms with Gasteiger partial charge in [0.25, 0.3) is 0 Å². The summed E-state index contributed by atoms with van der Waals surface area (Å²) in [7, 11) is 1.58. The van der Waals surface area contributed by atoms with Gasteiger partial charge in [-0.15, -0.1) is 21.5 Å². The van der Waals surface area contributed by atoms with Crippen molar-refractivity contribution < 1.29 is 9.53 Å². The smallest absolute Gasteiger partial charge is 0.237 e. The van der Waals surface area contributed by atoms with E-state index in [-0.39, 0.29) is 5.91 Å². The van der Waals surface area contributed by atoms with Gasteiger partial charge >= 0.3 is 0 Å². The number of benzene rings is 2. The molecule has 4 rings (SSSR count). The molecule has 0 spiro atoms. The molecule has 2 aromatic carbocycles. The summed E-state index contributed by atoms with van der Waals surface area (Å²) in [6.45, 7) is 1.85. The lowest BCUT2D eigenvalue weighted by atomic mass is 10.3. The average Bonchev–Trinajstić information content (AvgIpc) is 3.44. The minimum absolute atomic E-state index is 0.134. The minimum Gasteiger partial charge on any atom is -0.495 e. The number of hydrogen-bond acceptors (Lipinski definition) is 6. The van der Waals surface area contributed by atoms with Crippen molar-refractivity contribution in [3.8, 4) is 22.1 Å². The Morgan fingerprint density at radius 2 is 1.83 bits per heavy atom. The zero-order valence-electron chi connectivity index (χ0n) is 16.5. The summed E-state index contributed by atoms with van der Waals surface area (Å²) in [5.41, 5.74) is 1.59. The number of aromatic nitrogens is 3. The third-order valence-corrected chi connectivity index (χ3v) is 6.31. The van der Waals surface area contributed by atoms with E-state index in [4.69, 9.17) is 4.74 Å². The van der Waals surface area contributed by atoms with Gasteiger partial charge in [0.2, 0.25) is 5.91 Å². The largest absolute Gasteiger partial charge is 0.495 e. The summed E-state index contributed by atoms with van der Waals surface area (Å²) in [6, 6.07) is 21.3. The fraction of sp³-hybridized carbons (Fsp3) is 0.136. The Balaban J connectivity index is 1.60. The van der Waals surface area contributed by atoms with Gasteiger partial charge in [0.1, 0.15) is 5.75 Å². The van der Waals surface area contributed by atoms with Crippen LogP contribution in [0.2, 0.25) is 0 Å². The van der Waals surface area contributed by atoms with Crippen LogP contribution < -0.4 is 10.1 Å².